The third-order valence-electron chi connectivity index (χ3n) is 3.89. The molecule has 1 atom stereocenters. The molecule has 122 valence electrons. The predicted octanol–water partition coefficient (Wildman–Crippen LogP) is 0.903. The van der Waals surface area contributed by atoms with Crippen LogP contribution in [0.15, 0.2) is 18.2 Å². The van der Waals surface area contributed by atoms with Crippen molar-refractivity contribution in [3.63, 3.8) is 0 Å². The Hall–Kier alpha value is -1.93. The van der Waals surface area contributed by atoms with E-state index in [1.807, 2.05) is 4.90 Å². The van der Waals surface area contributed by atoms with Crippen molar-refractivity contribution in [3.05, 3.63) is 29.6 Å². The molecule has 6 nitrogen and oxygen atoms in total. The Kier molecular flexibility index (Phi) is 4.36. The number of ketones is 1. The van der Waals surface area contributed by atoms with Gasteiger partial charge in [-0.3, -0.25) is 24.2 Å². The van der Waals surface area contributed by atoms with Gasteiger partial charge in [-0.1, -0.05) is 0 Å². The maximum Gasteiger partial charge on any atom is 0.320 e. The number of carbonyl (C=O) groups excluding carboxylic acids is 3. The Morgan fingerprint density at radius 1 is 1.43 bits per heavy atom. The summed E-state index contributed by atoms with van der Waals surface area (Å²) in [5.74, 6) is -1.49. The highest BCUT2D eigenvalue weighted by molar-refractivity contribution is 8.00. The van der Waals surface area contributed by atoms with Crippen LogP contribution in [0.5, 0.6) is 0 Å². The lowest BCUT2D eigenvalue weighted by Crippen LogP contribution is -2.48. The highest BCUT2D eigenvalue weighted by atomic mass is 32.2. The third kappa shape index (κ3) is 2.96. The number of hydrogen-bond donors (Lipinski definition) is 0. The van der Waals surface area contributed by atoms with Crippen molar-refractivity contribution < 1.29 is 23.5 Å². The van der Waals surface area contributed by atoms with E-state index < -0.39 is 17.5 Å². The second-order valence-electron chi connectivity index (χ2n) is 5.32. The van der Waals surface area contributed by atoms with Crippen LogP contribution in [0.25, 0.3) is 0 Å². The molecule has 0 saturated carbocycles. The molecule has 23 heavy (non-hydrogen) atoms. The van der Waals surface area contributed by atoms with Gasteiger partial charge in [0.05, 0.1) is 25.0 Å². The molecule has 0 radical (unpaired) electrons. The van der Waals surface area contributed by atoms with Crippen LogP contribution >= 0.6 is 11.8 Å². The molecule has 1 aromatic carbocycles. The summed E-state index contributed by atoms with van der Waals surface area (Å²) in [6.07, 6.45) is 0. The average Bonchev–Trinajstić information content (AvgIpc) is 2.79. The number of hydrogen-bond acceptors (Lipinski definition) is 6. The van der Waals surface area contributed by atoms with Crippen LogP contribution in [0.3, 0.4) is 0 Å². The van der Waals surface area contributed by atoms with Gasteiger partial charge in [-0.15, -0.1) is 11.8 Å². The molecule has 2 heterocycles. The molecule has 1 fully saturated rings. The van der Waals surface area contributed by atoms with Crippen LogP contribution in [-0.2, 0) is 14.3 Å². The van der Waals surface area contributed by atoms with Crippen LogP contribution in [-0.4, -0.2) is 60.4 Å². The van der Waals surface area contributed by atoms with E-state index in [2.05, 4.69) is 0 Å². The standard InChI is InChI=1S/C15H15FN2O4S/c1-22-15(21)12-7-17(4-5-23-12)8-18-11-3-2-9(16)6-10(11)13(19)14(18)20/h2-3,6,12H,4-5,7-8H2,1H3/t12-/m1/s1. The first-order valence-electron chi connectivity index (χ1n) is 7.09. The number of anilines is 1. The summed E-state index contributed by atoms with van der Waals surface area (Å²) in [5.41, 5.74) is 0.500. The first kappa shape index (κ1) is 15.9. The van der Waals surface area contributed by atoms with E-state index >= 15 is 0 Å². The largest absolute Gasteiger partial charge is 0.468 e. The Balaban J connectivity index is 1.77. The van der Waals surface area contributed by atoms with Gasteiger partial charge in [0.1, 0.15) is 11.1 Å². The molecule has 0 aliphatic carbocycles. The van der Waals surface area contributed by atoms with Crippen LogP contribution in [0.4, 0.5) is 10.1 Å². The molecule has 2 aliphatic rings. The molecule has 2 aliphatic heterocycles. The first-order valence-corrected chi connectivity index (χ1v) is 8.13. The maximum atomic E-state index is 13.3. The normalized spacial score (nSPS) is 21.5. The second-order valence-corrected chi connectivity index (χ2v) is 6.64. The molecule has 1 saturated heterocycles. The predicted molar refractivity (Wildman–Crippen MR) is 82.9 cm³/mol. The zero-order valence-corrected chi connectivity index (χ0v) is 13.3. The van der Waals surface area contributed by atoms with Crippen molar-refractivity contribution in [2.75, 3.05) is 37.5 Å². The molecule has 3 rings (SSSR count). The number of methoxy groups -OCH3 is 1. The lowest BCUT2D eigenvalue weighted by atomic mass is 10.1. The summed E-state index contributed by atoms with van der Waals surface area (Å²) in [4.78, 5) is 39.0. The van der Waals surface area contributed by atoms with Crippen molar-refractivity contribution in [2.24, 2.45) is 0 Å². The molecule has 0 bridgehead atoms. The van der Waals surface area contributed by atoms with Gasteiger partial charge in [0.25, 0.3) is 5.78 Å². The summed E-state index contributed by atoms with van der Waals surface area (Å²) < 4.78 is 18.0. The smallest absolute Gasteiger partial charge is 0.320 e. The van der Waals surface area contributed by atoms with E-state index in [0.29, 0.717) is 18.8 Å². The van der Waals surface area contributed by atoms with Crippen LogP contribution in [0.1, 0.15) is 10.4 Å². The number of thioether (sulfide) groups is 1. The number of carbonyl (C=O) groups is 3. The van der Waals surface area contributed by atoms with Gasteiger partial charge in [0.15, 0.2) is 0 Å². The molecule has 0 spiro atoms. The average molecular weight is 338 g/mol. The lowest BCUT2D eigenvalue weighted by molar-refractivity contribution is -0.140. The molecule has 0 unspecified atom stereocenters. The van der Waals surface area contributed by atoms with Crippen molar-refractivity contribution >= 4 is 35.1 Å². The van der Waals surface area contributed by atoms with Gasteiger partial charge in [-0.05, 0) is 18.2 Å². The molecule has 0 N–H and O–H groups in total. The molecule has 1 amide bonds. The minimum atomic E-state index is -0.699. The summed E-state index contributed by atoms with van der Waals surface area (Å²) in [5, 5.41) is -0.310. The van der Waals surface area contributed by atoms with E-state index in [0.717, 1.165) is 11.8 Å². The minimum Gasteiger partial charge on any atom is -0.468 e. The number of ether oxygens (including phenoxy) is 1. The number of benzene rings is 1. The van der Waals surface area contributed by atoms with E-state index in [1.165, 1.54) is 35.9 Å². The fourth-order valence-corrected chi connectivity index (χ4v) is 3.91. The van der Waals surface area contributed by atoms with Crippen LogP contribution < -0.4 is 4.90 Å². The third-order valence-corrected chi connectivity index (χ3v) is 5.05. The lowest BCUT2D eigenvalue weighted by Gasteiger charge is -2.33. The highest BCUT2D eigenvalue weighted by Gasteiger charge is 2.38. The van der Waals surface area contributed by atoms with Gasteiger partial charge in [0, 0.05) is 18.8 Å². The number of Topliss-reactive ketones (excluding diaryl/α,β-unsaturated/α-hetero) is 1. The summed E-state index contributed by atoms with van der Waals surface area (Å²) >= 11 is 1.51. The Morgan fingerprint density at radius 2 is 2.22 bits per heavy atom. The van der Waals surface area contributed by atoms with Crippen molar-refractivity contribution in [3.8, 4) is 0 Å². The summed E-state index contributed by atoms with van der Waals surface area (Å²) in [7, 11) is 1.34. The Bertz CT molecular complexity index is 681. The fourth-order valence-electron chi connectivity index (χ4n) is 2.72. The molecular formula is C15H15FN2O4S. The fraction of sp³-hybridized carbons (Fsp3) is 0.400. The van der Waals surface area contributed by atoms with Crippen LogP contribution in [0, 0.1) is 5.82 Å². The number of fused-ring (bicyclic) bond motifs is 1. The van der Waals surface area contributed by atoms with E-state index in [-0.39, 0.29) is 23.5 Å². The van der Waals surface area contributed by atoms with Gasteiger partial charge in [0.2, 0.25) is 0 Å². The number of nitrogens with zero attached hydrogens (tertiary/aromatic N) is 2. The maximum absolute atomic E-state index is 13.3. The van der Waals surface area contributed by atoms with Gasteiger partial charge in [-0.25, -0.2) is 4.39 Å². The first-order chi connectivity index (χ1) is 11.0. The van der Waals surface area contributed by atoms with Crippen molar-refractivity contribution in [1.82, 2.24) is 4.90 Å². The monoisotopic (exact) mass is 338 g/mol. The SMILES string of the molecule is COC(=O)[C@H]1CN(CN2C(=O)C(=O)c3cc(F)ccc32)CCS1. The number of amides is 1. The van der Waals surface area contributed by atoms with E-state index in [4.69, 9.17) is 4.74 Å². The molecule has 1 aromatic rings. The molecular weight excluding hydrogens is 323 g/mol. The number of esters is 1. The van der Waals surface area contributed by atoms with E-state index in [9.17, 15) is 18.8 Å². The summed E-state index contributed by atoms with van der Waals surface area (Å²) in [6, 6.07) is 3.74. The Morgan fingerprint density at radius 3 is 2.96 bits per heavy atom. The Labute approximate surface area is 136 Å². The van der Waals surface area contributed by atoms with Crippen molar-refractivity contribution in [2.45, 2.75) is 5.25 Å². The van der Waals surface area contributed by atoms with Crippen molar-refractivity contribution in [1.29, 1.82) is 0 Å². The summed E-state index contributed by atoms with van der Waals surface area (Å²) in [6.45, 7) is 1.32. The minimum absolute atomic E-state index is 0.0888. The molecule has 0 aromatic heterocycles. The second kappa shape index (κ2) is 6.29. The quantitative estimate of drug-likeness (QED) is 0.603. The van der Waals surface area contributed by atoms with Gasteiger partial charge >= 0.3 is 11.9 Å². The van der Waals surface area contributed by atoms with Crippen LogP contribution in [0.2, 0.25) is 0 Å². The highest BCUT2D eigenvalue weighted by Crippen LogP contribution is 2.30. The number of halogens is 1. The topological polar surface area (TPSA) is 66.9 Å². The molecule has 8 heteroatoms. The zero-order valence-electron chi connectivity index (χ0n) is 12.5. The van der Waals surface area contributed by atoms with E-state index in [1.54, 1.807) is 0 Å². The number of rotatable bonds is 3. The van der Waals surface area contributed by atoms with Gasteiger partial charge in [-0.2, -0.15) is 0 Å². The zero-order chi connectivity index (χ0) is 16.6. The van der Waals surface area contributed by atoms with Gasteiger partial charge < -0.3 is 4.74 Å².